The van der Waals surface area contributed by atoms with Gasteiger partial charge in [-0.1, -0.05) is 6.07 Å². The largest absolute Gasteiger partial charge is 0.343 e. The van der Waals surface area contributed by atoms with Crippen LogP contribution >= 0.6 is 0 Å². The molecule has 2 heterocycles. The van der Waals surface area contributed by atoms with Gasteiger partial charge in [-0.05, 0) is 25.5 Å². The third-order valence-corrected chi connectivity index (χ3v) is 3.93. The van der Waals surface area contributed by atoms with Crippen LogP contribution in [-0.2, 0) is 4.79 Å². The first-order valence-electron chi connectivity index (χ1n) is 6.60. The number of nitrogens with two attached hydrogens (primary N) is 1. The van der Waals surface area contributed by atoms with E-state index in [1.165, 1.54) is 0 Å². The summed E-state index contributed by atoms with van der Waals surface area (Å²) in [5.74, 6) is 0.140. The number of hydrogen-bond acceptors (Lipinski definition) is 4. The van der Waals surface area contributed by atoms with Gasteiger partial charge in [-0.2, -0.15) is 0 Å². The Bertz CT molecular complexity index is 446. The van der Waals surface area contributed by atoms with Crippen LogP contribution in [0.5, 0.6) is 0 Å². The maximum Gasteiger partial charge on any atom is 0.242 e. The zero-order valence-corrected chi connectivity index (χ0v) is 11.8. The van der Waals surface area contributed by atoms with Crippen LogP contribution in [0.1, 0.15) is 25.5 Å². The van der Waals surface area contributed by atoms with Gasteiger partial charge in [-0.25, -0.2) is 0 Å². The molecule has 1 unspecified atom stereocenters. The second kappa shape index (κ2) is 5.27. The van der Waals surface area contributed by atoms with Crippen molar-refractivity contribution in [1.29, 1.82) is 0 Å². The van der Waals surface area contributed by atoms with E-state index in [2.05, 4.69) is 9.88 Å². The van der Waals surface area contributed by atoms with Crippen molar-refractivity contribution in [2.24, 2.45) is 5.73 Å². The third kappa shape index (κ3) is 2.48. The Hall–Kier alpha value is -1.46. The highest BCUT2D eigenvalue weighted by Crippen LogP contribution is 2.30. The van der Waals surface area contributed by atoms with Gasteiger partial charge in [0.25, 0.3) is 0 Å². The van der Waals surface area contributed by atoms with Crippen LogP contribution in [0, 0.1) is 0 Å². The van der Waals surface area contributed by atoms with Crippen molar-refractivity contribution >= 4 is 5.91 Å². The highest BCUT2D eigenvalue weighted by Gasteiger charge is 2.43. The van der Waals surface area contributed by atoms with Crippen molar-refractivity contribution < 1.29 is 4.79 Å². The topological polar surface area (TPSA) is 62.5 Å². The molecule has 1 amide bonds. The van der Waals surface area contributed by atoms with Crippen molar-refractivity contribution in [2.45, 2.75) is 25.4 Å². The summed E-state index contributed by atoms with van der Waals surface area (Å²) in [6.07, 6.45) is 3.58. The van der Waals surface area contributed by atoms with Gasteiger partial charge in [-0.3, -0.25) is 14.7 Å². The second-order valence-corrected chi connectivity index (χ2v) is 5.52. The van der Waals surface area contributed by atoms with Gasteiger partial charge in [0.15, 0.2) is 0 Å². The lowest BCUT2D eigenvalue weighted by Crippen LogP contribution is -2.63. The fourth-order valence-electron chi connectivity index (χ4n) is 2.79. The van der Waals surface area contributed by atoms with Gasteiger partial charge in [0.05, 0.1) is 5.54 Å². The molecule has 0 aromatic carbocycles. The average molecular weight is 262 g/mol. The Morgan fingerprint density at radius 3 is 2.79 bits per heavy atom. The molecule has 0 bridgehead atoms. The van der Waals surface area contributed by atoms with Crippen molar-refractivity contribution in [3.05, 3.63) is 30.1 Å². The third-order valence-electron chi connectivity index (χ3n) is 3.93. The van der Waals surface area contributed by atoms with E-state index in [1.807, 2.05) is 39.2 Å². The van der Waals surface area contributed by atoms with Crippen LogP contribution in [0.4, 0.5) is 0 Å². The fourth-order valence-corrected chi connectivity index (χ4v) is 2.79. The maximum atomic E-state index is 12.3. The number of carbonyl (C=O) groups excluding carboxylic acids is 1. The van der Waals surface area contributed by atoms with E-state index in [1.54, 1.807) is 11.1 Å². The Labute approximate surface area is 114 Å². The first-order chi connectivity index (χ1) is 8.98. The lowest BCUT2D eigenvalue weighted by atomic mass is 9.93. The van der Waals surface area contributed by atoms with Gasteiger partial charge in [0, 0.05) is 45.1 Å². The summed E-state index contributed by atoms with van der Waals surface area (Å²) >= 11 is 0. The van der Waals surface area contributed by atoms with Gasteiger partial charge < -0.3 is 10.6 Å². The van der Waals surface area contributed by atoms with E-state index in [0.29, 0.717) is 6.54 Å². The molecule has 1 aromatic rings. The van der Waals surface area contributed by atoms with E-state index >= 15 is 0 Å². The number of pyridine rings is 1. The van der Waals surface area contributed by atoms with Gasteiger partial charge in [0.1, 0.15) is 0 Å². The Balaban J connectivity index is 2.31. The number of aromatic nitrogens is 1. The maximum absolute atomic E-state index is 12.3. The molecule has 1 atom stereocenters. The summed E-state index contributed by atoms with van der Waals surface area (Å²) in [5.41, 5.74) is 6.47. The smallest absolute Gasteiger partial charge is 0.242 e. The molecule has 5 heteroatoms. The van der Waals surface area contributed by atoms with Crippen LogP contribution < -0.4 is 5.73 Å². The molecule has 2 N–H and O–H groups in total. The molecule has 1 aliphatic rings. The van der Waals surface area contributed by atoms with Gasteiger partial charge >= 0.3 is 0 Å². The number of piperazine rings is 1. The van der Waals surface area contributed by atoms with E-state index < -0.39 is 5.54 Å². The minimum atomic E-state index is -0.535. The number of likely N-dealkylation sites (N-methyl/N-ethyl adjacent to an activating group) is 1. The highest BCUT2D eigenvalue weighted by molar-refractivity contribution is 5.86. The first kappa shape index (κ1) is 14.0. The van der Waals surface area contributed by atoms with Gasteiger partial charge in [0.2, 0.25) is 5.91 Å². The van der Waals surface area contributed by atoms with Crippen LogP contribution in [0.3, 0.4) is 0 Å². The van der Waals surface area contributed by atoms with E-state index in [0.717, 1.165) is 18.7 Å². The second-order valence-electron chi connectivity index (χ2n) is 5.52. The quantitative estimate of drug-likeness (QED) is 0.868. The summed E-state index contributed by atoms with van der Waals surface area (Å²) in [4.78, 5) is 20.5. The van der Waals surface area contributed by atoms with E-state index in [4.69, 9.17) is 5.73 Å². The van der Waals surface area contributed by atoms with E-state index in [9.17, 15) is 4.79 Å². The van der Waals surface area contributed by atoms with Crippen molar-refractivity contribution in [3.63, 3.8) is 0 Å². The monoisotopic (exact) mass is 262 g/mol. The molecule has 104 valence electrons. The molecule has 0 aliphatic carbocycles. The molecular formula is C14H22N4O. The van der Waals surface area contributed by atoms with Crippen molar-refractivity contribution in [1.82, 2.24) is 14.8 Å². The molecule has 1 aliphatic heterocycles. The molecule has 1 saturated heterocycles. The Morgan fingerprint density at radius 2 is 2.21 bits per heavy atom. The fraction of sp³-hybridized carbons (Fsp3) is 0.571. The first-order valence-corrected chi connectivity index (χ1v) is 6.60. The predicted molar refractivity (Wildman–Crippen MR) is 74.5 cm³/mol. The highest BCUT2D eigenvalue weighted by atomic mass is 16.2. The molecule has 0 saturated carbocycles. The summed E-state index contributed by atoms with van der Waals surface area (Å²) in [5, 5.41) is 0. The number of nitrogens with zero attached hydrogens (tertiary/aromatic N) is 3. The standard InChI is InChI=1S/C14H22N4O/c1-14(2)13(19)17(3)7-8-18(14)12(9-15)11-5-4-6-16-10-11/h4-6,10,12H,7-9,15H2,1-3H3. The molecule has 5 nitrogen and oxygen atoms in total. The minimum Gasteiger partial charge on any atom is -0.343 e. The zero-order chi connectivity index (χ0) is 14.0. The molecule has 1 fully saturated rings. The number of carbonyl (C=O) groups is 1. The molecule has 19 heavy (non-hydrogen) atoms. The summed E-state index contributed by atoms with van der Waals surface area (Å²) in [6.45, 7) is 5.96. The Morgan fingerprint density at radius 1 is 1.47 bits per heavy atom. The van der Waals surface area contributed by atoms with Gasteiger partial charge in [-0.15, -0.1) is 0 Å². The molecular weight excluding hydrogens is 240 g/mol. The van der Waals surface area contributed by atoms with Crippen LogP contribution in [0.2, 0.25) is 0 Å². The number of rotatable bonds is 3. The van der Waals surface area contributed by atoms with Crippen LogP contribution in [-0.4, -0.2) is 52.9 Å². The average Bonchev–Trinajstić information content (AvgIpc) is 2.41. The van der Waals surface area contributed by atoms with Crippen molar-refractivity contribution in [2.75, 3.05) is 26.7 Å². The Kier molecular flexibility index (Phi) is 3.87. The minimum absolute atomic E-state index is 0.0290. The summed E-state index contributed by atoms with van der Waals surface area (Å²) in [6, 6.07) is 3.95. The summed E-state index contributed by atoms with van der Waals surface area (Å²) < 4.78 is 0. The van der Waals surface area contributed by atoms with Crippen LogP contribution in [0.15, 0.2) is 24.5 Å². The summed E-state index contributed by atoms with van der Waals surface area (Å²) in [7, 11) is 1.85. The van der Waals surface area contributed by atoms with Crippen molar-refractivity contribution in [3.8, 4) is 0 Å². The molecule has 1 aromatic heterocycles. The SMILES string of the molecule is CN1CCN(C(CN)c2cccnc2)C(C)(C)C1=O. The number of amides is 1. The lowest BCUT2D eigenvalue weighted by molar-refractivity contribution is -0.149. The number of hydrogen-bond donors (Lipinski definition) is 1. The van der Waals surface area contributed by atoms with Crippen LogP contribution in [0.25, 0.3) is 0 Å². The molecule has 0 radical (unpaired) electrons. The predicted octanol–water partition coefficient (Wildman–Crippen LogP) is 0.634. The molecule has 0 spiro atoms. The lowest BCUT2D eigenvalue weighted by Gasteiger charge is -2.48. The molecule has 2 rings (SSSR count). The zero-order valence-electron chi connectivity index (χ0n) is 11.8. The normalized spacial score (nSPS) is 21.5. The van der Waals surface area contributed by atoms with E-state index in [-0.39, 0.29) is 11.9 Å².